The first-order chi connectivity index (χ1) is 14.9. The molecule has 0 radical (unpaired) electrons. The number of nitrogens with zero attached hydrogens (tertiary/aromatic N) is 6. The van der Waals surface area contributed by atoms with Crippen LogP contribution in [0.5, 0.6) is 0 Å². The average molecular weight is 417 g/mol. The van der Waals surface area contributed by atoms with Gasteiger partial charge in [0.15, 0.2) is 5.65 Å². The number of aromatic nitrogens is 6. The number of aryl methyl sites for hydroxylation is 2. The van der Waals surface area contributed by atoms with E-state index in [1.165, 1.54) is 0 Å². The Balaban J connectivity index is 1.47. The van der Waals surface area contributed by atoms with E-state index in [4.69, 9.17) is 4.98 Å². The molecule has 4 aromatic rings. The van der Waals surface area contributed by atoms with Crippen molar-refractivity contribution in [3.8, 4) is 0 Å². The molecule has 3 heterocycles. The van der Waals surface area contributed by atoms with Crippen molar-refractivity contribution in [2.24, 2.45) is 7.05 Å². The Morgan fingerprint density at radius 2 is 1.77 bits per heavy atom. The van der Waals surface area contributed by atoms with Gasteiger partial charge in [-0.3, -0.25) is 19.1 Å². The van der Waals surface area contributed by atoms with Gasteiger partial charge in [-0.1, -0.05) is 0 Å². The number of hydrogen-bond donors (Lipinski definition) is 2. The Labute approximate surface area is 177 Å². The minimum Gasteiger partial charge on any atom is -0.390 e. The number of rotatable bonds is 3. The summed E-state index contributed by atoms with van der Waals surface area (Å²) in [6, 6.07) is 3.90. The minimum absolute atomic E-state index is 0.107. The minimum atomic E-state index is -0.654. The highest BCUT2D eigenvalue weighted by Crippen LogP contribution is 2.55. The number of hydrogen-bond acceptors (Lipinski definition) is 7. The lowest BCUT2D eigenvalue weighted by molar-refractivity contribution is 0.0521. The first kappa shape index (κ1) is 18.4. The number of nitrogens with one attached hydrogen (secondary N) is 1. The quantitative estimate of drug-likeness (QED) is 0.527. The Hall–Kier alpha value is -3.33. The van der Waals surface area contributed by atoms with Crippen molar-refractivity contribution in [2.75, 3.05) is 5.32 Å². The molecule has 6 rings (SSSR count). The molecule has 0 unspecified atom stereocenters. The van der Waals surface area contributed by atoms with Crippen molar-refractivity contribution in [2.45, 2.75) is 50.2 Å². The zero-order valence-electron chi connectivity index (χ0n) is 17.5. The van der Waals surface area contributed by atoms with E-state index >= 15 is 0 Å². The van der Waals surface area contributed by atoms with E-state index in [-0.39, 0.29) is 11.2 Å². The van der Waals surface area contributed by atoms with Gasteiger partial charge in [-0.15, -0.1) is 0 Å². The van der Waals surface area contributed by atoms with E-state index in [9.17, 15) is 9.90 Å². The van der Waals surface area contributed by atoms with E-state index in [0.717, 1.165) is 48.0 Å². The van der Waals surface area contributed by atoms with Crippen molar-refractivity contribution in [3.05, 3.63) is 46.8 Å². The van der Waals surface area contributed by atoms with Crippen LogP contribution < -0.4 is 11.0 Å². The van der Waals surface area contributed by atoms with Crippen molar-refractivity contribution < 1.29 is 5.11 Å². The summed E-state index contributed by atoms with van der Waals surface area (Å²) in [5.41, 5.74) is 3.61. The van der Waals surface area contributed by atoms with Crippen LogP contribution in [0.1, 0.15) is 37.7 Å². The van der Waals surface area contributed by atoms with Crippen molar-refractivity contribution in [3.63, 3.8) is 0 Å². The topological polar surface area (TPSA) is 111 Å². The molecule has 0 amide bonds. The zero-order chi connectivity index (χ0) is 21.4. The fourth-order valence-corrected chi connectivity index (χ4v) is 5.42. The highest BCUT2D eigenvalue weighted by molar-refractivity contribution is 5.82. The number of aliphatic hydroxyl groups is 1. The van der Waals surface area contributed by atoms with Crippen LogP contribution >= 0.6 is 0 Å². The summed E-state index contributed by atoms with van der Waals surface area (Å²) in [6.45, 7) is 1.99. The highest BCUT2D eigenvalue weighted by Gasteiger charge is 2.55. The molecule has 0 spiro atoms. The van der Waals surface area contributed by atoms with E-state index in [1.807, 2.05) is 19.1 Å². The predicted molar refractivity (Wildman–Crippen MR) is 116 cm³/mol. The zero-order valence-corrected chi connectivity index (χ0v) is 17.5. The van der Waals surface area contributed by atoms with Crippen LogP contribution in [0.2, 0.25) is 0 Å². The van der Waals surface area contributed by atoms with Crippen LogP contribution in [0.15, 0.2) is 35.5 Å². The molecule has 2 fully saturated rings. The Morgan fingerprint density at radius 3 is 2.45 bits per heavy atom. The summed E-state index contributed by atoms with van der Waals surface area (Å²) >= 11 is 0. The van der Waals surface area contributed by atoms with Gasteiger partial charge >= 0.3 is 5.69 Å². The second kappa shape index (κ2) is 6.10. The lowest BCUT2D eigenvalue weighted by atomic mass is 9.92. The van der Waals surface area contributed by atoms with E-state index in [1.54, 1.807) is 34.8 Å². The lowest BCUT2D eigenvalue weighted by Gasteiger charge is -2.27. The fraction of sp³-hybridized carbons (Fsp3) is 0.409. The maximum atomic E-state index is 13.2. The third kappa shape index (κ3) is 2.62. The lowest BCUT2D eigenvalue weighted by Crippen LogP contribution is -2.38. The summed E-state index contributed by atoms with van der Waals surface area (Å²) in [5.74, 6) is 0.417. The van der Waals surface area contributed by atoms with Gasteiger partial charge in [0, 0.05) is 25.1 Å². The normalized spacial score (nSPS) is 25.0. The monoisotopic (exact) mass is 417 g/mol. The third-order valence-corrected chi connectivity index (χ3v) is 7.11. The number of imidazole rings is 1. The summed E-state index contributed by atoms with van der Waals surface area (Å²) in [5, 5.41) is 14.0. The van der Waals surface area contributed by atoms with Gasteiger partial charge in [-0.05, 0) is 56.7 Å². The molecule has 2 N–H and O–H groups in total. The molecule has 0 saturated heterocycles. The molecule has 158 valence electrons. The fourth-order valence-electron chi connectivity index (χ4n) is 5.42. The Morgan fingerprint density at radius 1 is 1.06 bits per heavy atom. The summed E-state index contributed by atoms with van der Waals surface area (Å²) in [4.78, 5) is 31.1. The molecule has 2 aliphatic rings. The van der Waals surface area contributed by atoms with Crippen molar-refractivity contribution in [1.82, 2.24) is 29.1 Å². The van der Waals surface area contributed by atoms with Gasteiger partial charge in [0.05, 0.1) is 28.4 Å². The molecule has 1 aromatic carbocycles. The van der Waals surface area contributed by atoms with Crippen LogP contribution in [-0.4, -0.2) is 39.8 Å². The molecular weight excluding hydrogens is 394 g/mol. The van der Waals surface area contributed by atoms with Crippen molar-refractivity contribution >= 4 is 33.8 Å². The SMILES string of the molecule is Cc1cc2nccnc2cc1Nc1ncc2c(n1)n(C13CCC(O)(CC1)C3)c(=O)n2C. The smallest absolute Gasteiger partial charge is 0.330 e. The molecule has 2 saturated carbocycles. The standard InChI is InChI=1S/C22H23N7O2/c1-13-9-15-16(24-8-7-23-15)10-14(13)26-19-25-11-17-18(27-19)29(20(30)28(17)2)21-3-5-22(31,12-21)6-4-21/h7-11,31H,3-6,12H2,1-2H3,(H,25,26,27). The Kier molecular flexibility index (Phi) is 3.63. The molecule has 9 heteroatoms. The van der Waals surface area contributed by atoms with Gasteiger partial charge in [0.2, 0.25) is 5.95 Å². The second-order valence-corrected chi connectivity index (χ2v) is 9.04. The summed E-state index contributed by atoms with van der Waals surface area (Å²) < 4.78 is 3.40. The van der Waals surface area contributed by atoms with Crippen LogP contribution in [-0.2, 0) is 12.6 Å². The van der Waals surface area contributed by atoms with E-state index in [0.29, 0.717) is 23.5 Å². The maximum absolute atomic E-state index is 13.2. The van der Waals surface area contributed by atoms with E-state index in [2.05, 4.69) is 20.3 Å². The summed E-state index contributed by atoms with van der Waals surface area (Å²) in [7, 11) is 1.75. The van der Waals surface area contributed by atoms with Crippen molar-refractivity contribution in [1.29, 1.82) is 0 Å². The molecule has 3 aromatic heterocycles. The first-order valence-electron chi connectivity index (χ1n) is 10.5. The molecule has 9 nitrogen and oxygen atoms in total. The first-order valence-corrected chi connectivity index (χ1v) is 10.5. The maximum Gasteiger partial charge on any atom is 0.330 e. The van der Waals surface area contributed by atoms with Gasteiger partial charge < -0.3 is 10.4 Å². The number of anilines is 2. The molecule has 0 aliphatic heterocycles. The van der Waals surface area contributed by atoms with Crippen LogP contribution in [0.3, 0.4) is 0 Å². The largest absolute Gasteiger partial charge is 0.390 e. The van der Waals surface area contributed by atoms with Gasteiger partial charge in [0.1, 0.15) is 5.52 Å². The third-order valence-electron chi connectivity index (χ3n) is 7.11. The van der Waals surface area contributed by atoms with Crippen LogP contribution in [0.4, 0.5) is 11.6 Å². The second-order valence-electron chi connectivity index (χ2n) is 9.04. The van der Waals surface area contributed by atoms with Crippen LogP contribution in [0, 0.1) is 6.92 Å². The van der Waals surface area contributed by atoms with Gasteiger partial charge in [-0.2, -0.15) is 4.98 Å². The van der Waals surface area contributed by atoms with Crippen LogP contribution in [0.25, 0.3) is 22.2 Å². The average Bonchev–Trinajstić information content (AvgIpc) is 3.36. The number of benzene rings is 1. The molecule has 0 atom stereocenters. The molecule has 31 heavy (non-hydrogen) atoms. The molecular formula is C22H23N7O2. The Bertz CT molecular complexity index is 1410. The van der Waals surface area contributed by atoms with E-state index < -0.39 is 5.60 Å². The predicted octanol–water partition coefficient (Wildman–Crippen LogP) is 2.53. The highest BCUT2D eigenvalue weighted by atomic mass is 16.3. The molecule has 2 bridgehead atoms. The number of fused-ring (bicyclic) bond motifs is 4. The van der Waals surface area contributed by atoms with Gasteiger partial charge in [0.25, 0.3) is 0 Å². The summed E-state index contributed by atoms with van der Waals surface area (Å²) in [6.07, 6.45) is 8.66. The molecule has 2 aliphatic carbocycles. The van der Waals surface area contributed by atoms with Gasteiger partial charge in [-0.25, -0.2) is 9.78 Å².